The molecule has 0 aromatic carbocycles. The number of nitrogens with zero attached hydrogens (tertiary/aromatic N) is 1. The van der Waals surface area contributed by atoms with E-state index >= 15 is 0 Å². The molecular formula is C6H13N3O4. The van der Waals surface area contributed by atoms with Crippen LogP contribution in [0.5, 0.6) is 0 Å². The molecule has 0 aliphatic heterocycles. The van der Waals surface area contributed by atoms with Crippen LogP contribution in [0.4, 0.5) is 0 Å². The molecule has 0 heterocycles. The summed E-state index contributed by atoms with van der Waals surface area (Å²) in [5, 5.41) is 10.2. The van der Waals surface area contributed by atoms with Gasteiger partial charge in [-0.25, -0.2) is 0 Å². The molecule has 0 fully saturated rings. The van der Waals surface area contributed by atoms with Crippen LogP contribution >= 0.6 is 0 Å². The average Bonchev–Trinajstić information content (AvgIpc) is 1.97. The molecule has 0 rings (SSSR count). The lowest BCUT2D eigenvalue weighted by Crippen LogP contribution is -2.49. The SMILES string of the molecule is CN(C)OC(C(N)=O)C(O)C(N)=O. The van der Waals surface area contributed by atoms with Crippen LogP contribution in [0.25, 0.3) is 0 Å². The highest BCUT2D eigenvalue weighted by Gasteiger charge is 2.31. The first kappa shape index (κ1) is 11.8. The normalized spacial score (nSPS) is 15.4. The summed E-state index contributed by atoms with van der Waals surface area (Å²) in [7, 11) is 2.95. The first-order chi connectivity index (χ1) is 5.86. The number of aliphatic hydroxyl groups excluding tert-OH is 1. The molecule has 7 heteroatoms. The van der Waals surface area contributed by atoms with Gasteiger partial charge in [-0.05, 0) is 0 Å². The number of aliphatic hydroxyl groups is 1. The Labute approximate surface area is 75.2 Å². The average molecular weight is 191 g/mol. The zero-order valence-corrected chi connectivity index (χ0v) is 7.43. The molecular weight excluding hydrogens is 178 g/mol. The number of carbonyl (C=O) groups excluding carboxylic acids is 2. The molecule has 0 aliphatic rings. The molecule has 0 spiro atoms. The summed E-state index contributed by atoms with van der Waals surface area (Å²) in [6.07, 6.45) is -3.19. The first-order valence-electron chi connectivity index (χ1n) is 3.47. The third kappa shape index (κ3) is 3.83. The fourth-order valence-electron chi connectivity index (χ4n) is 0.642. The van der Waals surface area contributed by atoms with Gasteiger partial charge in [0.2, 0.25) is 5.91 Å². The van der Waals surface area contributed by atoms with E-state index in [4.69, 9.17) is 21.4 Å². The molecule has 0 aromatic rings. The number of carbonyl (C=O) groups is 2. The van der Waals surface area contributed by atoms with Crippen LogP contribution in [-0.2, 0) is 14.4 Å². The Kier molecular flexibility index (Phi) is 4.32. The van der Waals surface area contributed by atoms with E-state index in [2.05, 4.69) is 0 Å². The van der Waals surface area contributed by atoms with Gasteiger partial charge in [-0.3, -0.25) is 14.4 Å². The fraction of sp³-hybridized carbons (Fsp3) is 0.667. The third-order valence-electron chi connectivity index (χ3n) is 1.18. The number of hydrogen-bond acceptors (Lipinski definition) is 5. The van der Waals surface area contributed by atoms with Gasteiger partial charge in [0.15, 0.2) is 12.2 Å². The summed E-state index contributed by atoms with van der Waals surface area (Å²) in [5.74, 6) is -2.02. The Morgan fingerprint density at radius 1 is 1.31 bits per heavy atom. The first-order valence-corrected chi connectivity index (χ1v) is 3.47. The third-order valence-corrected chi connectivity index (χ3v) is 1.18. The molecule has 2 atom stereocenters. The van der Waals surface area contributed by atoms with Crippen molar-refractivity contribution >= 4 is 11.8 Å². The minimum atomic E-state index is -1.74. The highest BCUT2D eigenvalue weighted by atomic mass is 16.7. The van der Waals surface area contributed by atoms with Gasteiger partial charge in [-0.1, -0.05) is 0 Å². The molecule has 0 bridgehead atoms. The molecule has 2 amide bonds. The van der Waals surface area contributed by atoms with Crippen LogP contribution in [0.3, 0.4) is 0 Å². The van der Waals surface area contributed by atoms with Crippen LogP contribution in [0.1, 0.15) is 0 Å². The number of amides is 2. The lowest BCUT2D eigenvalue weighted by molar-refractivity contribution is -0.198. The predicted molar refractivity (Wildman–Crippen MR) is 43.0 cm³/mol. The molecule has 0 aliphatic carbocycles. The molecule has 2 unspecified atom stereocenters. The van der Waals surface area contributed by atoms with Crippen molar-refractivity contribution in [3.05, 3.63) is 0 Å². The smallest absolute Gasteiger partial charge is 0.252 e. The van der Waals surface area contributed by atoms with Crippen molar-refractivity contribution in [2.75, 3.05) is 14.1 Å². The van der Waals surface area contributed by atoms with Gasteiger partial charge in [0.1, 0.15) is 0 Å². The highest BCUT2D eigenvalue weighted by Crippen LogP contribution is 1.99. The zero-order valence-electron chi connectivity index (χ0n) is 7.43. The molecule has 0 radical (unpaired) electrons. The van der Waals surface area contributed by atoms with Crippen molar-refractivity contribution in [1.82, 2.24) is 5.06 Å². The standard InChI is InChI=1S/C6H13N3O4/c1-9(2)13-4(6(8)12)3(10)5(7)11/h3-4,10H,1-2H3,(H2,7,11)(H2,8,12). The Morgan fingerprint density at radius 2 is 1.77 bits per heavy atom. The quantitative estimate of drug-likeness (QED) is 0.405. The number of nitrogens with two attached hydrogens (primary N) is 2. The van der Waals surface area contributed by atoms with Gasteiger partial charge in [-0.2, -0.15) is 5.06 Å². The van der Waals surface area contributed by atoms with Gasteiger partial charge >= 0.3 is 0 Å². The summed E-state index contributed by atoms with van der Waals surface area (Å²) in [6, 6.07) is 0. The van der Waals surface area contributed by atoms with Crippen LogP contribution in [0.15, 0.2) is 0 Å². The summed E-state index contributed by atoms with van der Waals surface area (Å²) in [5.41, 5.74) is 9.62. The summed E-state index contributed by atoms with van der Waals surface area (Å²) < 4.78 is 0. The largest absolute Gasteiger partial charge is 0.380 e. The van der Waals surface area contributed by atoms with E-state index in [1.807, 2.05) is 0 Å². The Bertz CT molecular complexity index is 206. The Balaban J connectivity index is 4.42. The molecule has 0 saturated carbocycles. The maximum atomic E-state index is 10.7. The van der Waals surface area contributed by atoms with Crippen molar-refractivity contribution in [2.24, 2.45) is 11.5 Å². The van der Waals surface area contributed by atoms with Crippen LogP contribution < -0.4 is 11.5 Å². The van der Waals surface area contributed by atoms with Gasteiger partial charge in [0.05, 0.1) is 0 Å². The lowest BCUT2D eigenvalue weighted by atomic mass is 10.2. The van der Waals surface area contributed by atoms with E-state index in [9.17, 15) is 9.59 Å². The van der Waals surface area contributed by atoms with Gasteiger partial charge in [0.25, 0.3) is 5.91 Å². The van der Waals surface area contributed by atoms with Crippen LogP contribution in [0, 0.1) is 0 Å². The number of hydroxylamine groups is 2. The minimum absolute atomic E-state index is 0.958. The Hall–Kier alpha value is -1.18. The van der Waals surface area contributed by atoms with Gasteiger partial charge in [-0.15, -0.1) is 0 Å². The Morgan fingerprint density at radius 3 is 2.00 bits per heavy atom. The van der Waals surface area contributed by atoms with Crippen molar-refractivity contribution in [1.29, 1.82) is 0 Å². The summed E-state index contributed by atoms with van der Waals surface area (Å²) >= 11 is 0. The second kappa shape index (κ2) is 4.75. The van der Waals surface area contributed by atoms with Crippen molar-refractivity contribution in [2.45, 2.75) is 12.2 Å². The zero-order chi connectivity index (χ0) is 10.6. The van der Waals surface area contributed by atoms with E-state index in [1.54, 1.807) is 0 Å². The maximum Gasteiger partial charge on any atom is 0.252 e. The molecule has 7 nitrogen and oxygen atoms in total. The minimum Gasteiger partial charge on any atom is -0.380 e. The van der Waals surface area contributed by atoms with Crippen LogP contribution in [0.2, 0.25) is 0 Å². The van der Waals surface area contributed by atoms with E-state index in [0.717, 1.165) is 5.06 Å². The van der Waals surface area contributed by atoms with Crippen molar-refractivity contribution in [3.63, 3.8) is 0 Å². The topological polar surface area (TPSA) is 119 Å². The molecule has 0 aromatic heterocycles. The second-order valence-electron chi connectivity index (χ2n) is 2.59. The van der Waals surface area contributed by atoms with Crippen molar-refractivity contribution < 1.29 is 19.5 Å². The molecule has 76 valence electrons. The van der Waals surface area contributed by atoms with E-state index in [0.29, 0.717) is 0 Å². The predicted octanol–water partition coefficient (Wildman–Crippen LogP) is -2.82. The van der Waals surface area contributed by atoms with Gasteiger partial charge < -0.3 is 16.6 Å². The van der Waals surface area contributed by atoms with Gasteiger partial charge in [0, 0.05) is 14.1 Å². The highest BCUT2D eigenvalue weighted by molar-refractivity contribution is 5.89. The maximum absolute atomic E-state index is 10.7. The van der Waals surface area contributed by atoms with Crippen LogP contribution in [-0.4, -0.2) is 48.3 Å². The van der Waals surface area contributed by atoms with Crippen molar-refractivity contribution in [3.8, 4) is 0 Å². The monoisotopic (exact) mass is 191 g/mol. The fourth-order valence-corrected chi connectivity index (χ4v) is 0.642. The molecule has 0 saturated heterocycles. The van der Waals surface area contributed by atoms with E-state index in [1.165, 1.54) is 14.1 Å². The molecule has 13 heavy (non-hydrogen) atoms. The summed E-state index contributed by atoms with van der Waals surface area (Å²) in [4.78, 5) is 25.9. The number of rotatable bonds is 5. The number of primary amides is 2. The van der Waals surface area contributed by atoms with E-state index in [-0.39, 0.29) is 0 Å². The van der Waals surface area contributed by atoms with E-state index < -0.39 is 24.0 Å². The summed E-state index contributed by atoms with van der Waals surface area (Å²) in [6.45, 7) is 0. The molecule has 5 N–H and O–H groups in total. The number of hydrogen-bond donors (Lipinski definition) is 3. The second-order valence-corrected chi connectivity index (χ2v) is 2.59. The lowest BCUT2D eigenvalue weighted by Gasteiger charge is -2.21.